The highest BCUT2D eigenvalue weighted by molar-refractivity contribution is 6.35. The van der Waals surface area contributed by atoms with Gasteiger partial charge in [-0.3, -0.25) is 9.59 Å². The maximum Gasteiger partial charge on any atom is 0.255 e. The summed E-state index contributed by atoms with van der Waals surface area (Å²) >= 11 is 6.06. The molecule has 2 heterocycles. The summed E-state index contributed by atoms with van der Waals surface area (Å²) in [5, 5.41) is 21.2. The fraction of sp³-hybridized carbons (Fsp3) is 0. The van der Waals surface area contributed by atoms with E-state index in [4.69, 9.17) is 22.1 Å². The second kappa shape index (κ2) is 10.9. The number of pyridine rings is 2. The van der Waals surface area contributed by atoms with Crippen LogP contribution in [0.25, 0.3) is 43.8 Å². The Hall–Kier alpha value is -5.43. The van der Waals surface area contributed by atoms with Crippen LogP contribution >= 0.6 is 11.6 Å². The van der Waals surface area contributed by atoms with E-state index in [0.717, 1.165) is 33.0 Å². The van der Waals surface area contributed by atoms with Crippen molar-refractivity contribution >= 4 is 33.1 Å². The first-order valence-electron chi connectivity index (χ1n) is 11.9. The van der Waals surface area contributed by atoms with Crippen molar-refractivity contribution in [2.24, 2.45) is 0 Å². The van der Waals surface area contributed by atoms with Crippen molar-refractivity contribution in [1.29, 1.82) is 10.5 Å². The summed E-state index contributed by atoms with van der Waals surface area (Å²) in [5.74, 6) is 0. The van der Waals surface area contributed by atoms with E-state index in [2.05, 4.69) is 22.1 Å². The van der Waals surface area contributed by atoms with Crippen LogP contribution in [0.4, 0.5) is 0 Å². The van der Waals surface area contributed by atoms with Gasteiger partial charge in [-0.25, -0.2) is 0 Å². The highest BCUT2D eigenvalue weighted by atomic mass is 35.5. The van der Waals surface area contributed by atoms with Crippen LogP contribution in [-0.4, -0.2) is 9.97 Å². The number of rotatable bonds is 2. The minimum Gasteiger partial charge on any atom is -0.329 e. The maximum atomic E-state index is 11.9. The van der Waals surface area contributed by atoms with Crippen LogP contribution in [0.5, 0.6) is 0 Å². The molecule has 0 spiro atoms. The number of hydrogen-bond donors (Lipinski definition) is 2. The minimum atomic E-state index is -0.178. The molecule has 0 radical (unpaired) electrons. The number of nitriles is 2. The molecule has 0 saturated carbocycles. The molecular weight excluding hydrogens is 508 g/mol. The summed E-state index contributed by atoms with van der Waals surface area (Å²) in [7, 11) is 0. The van der Waals surface area contributed by atoms with E-state index >= 15 is 0 Å². The van der Waals surface area contributed by atoms with Crippen LogP contribution in [-0.2, 0) is 0 Å². The molecule has 0 aliphatic heterocycles. The molecule has 0 atom stereocenters. The quantitative estimate of drug-likeness (QED) is 0.258. The number of aromatic amines is 2. The molecule has 39 heavy (non-hydrogen) atoms. The molecular formula is C32H19ClN4O2. The topological polar surface area (TPSA) is 113 Å². The molecule has 0 aliphatic carbocycles. The first-order chi connectivity index (χ1) is 19.0. The van der Waals surface area contributed by atoms with Gasteiger partial charge in [0.15, 0.2) is 0 Å². The number of halogens is 1. The first-order valence-corrected chi connectivity index (χ1v) is 12.3. The molecule has 6 rings (SSSR count). The lowest BCUT2D eigenvalue weighted by Crippen LogP contribution is -2.05. The van der Waals surface area contributed by atoms with Gasteiger partial charge in [-0.15, -0.1) is 0 Å². The summed E-state index contributed by atoms with van der Waals surface area (Å²) in [6, 6.07) is 31.9. The van der Waals surface area contributed by atoms with Gasteiger partial charge in [-0.05, 0) is 70.1 Å². The van der Waals surface area contributed by atoms with Crippen LogP contribution < -0.4 is 11.1 Å². The molecule has 0 amide bonds. The van der Waals surface area contributed by atoms with Crippen LogP contribution in [0.3, 0.4) is 0 Å². The van der Waals surface area contributed by atoms with Crippen LogP contribution in [0.15, 0.2) is 113 Å². The van der Waals surface area contributed by atoms with E-state index < -0.39 is 0 Å². The van der Waals surface area contributed by atoms with Gasteiger partial charge in [0.05, 0.1) is 28.3 Å². The molecule has 0 bridgehead atoms. The van der Waals surface area contributed by atoms with Gasteiger partial charge in [0, 0.05) is 28.6 Å². The van der Waals surface area contributed by atoms with Crippen molar-refractivity contribution in [3.63, 3.8) is 0 Å². The summed E-state index contributed by atoms with van der Waals surface area (Å²) < 4.78 is 0. The van der Waals surface area contributed by atoms with Crippen molar-refractivity contribution < 1.29 is 0 Å². The third-order valence-electron chi connectivity index (χ3n) is 6.28. The fourth-order valence-electron chi connectivity index (χ4n) is 4.30. The number of H-pyrrole nitrogens is 2. The SMILES string of the molecule is N#Cc1cccc(-c2ccc3c(Cl)c[nH]c(=O)c3c2)c1.N#Cc1cccc(-c2ccc3cc[nH]c(=O)c3c2)c1. The Kier molecular flexibility index (Phi) is 7.05. The molecule has 2 N–H and O–H groups in total. The Balaban J connectivity index is 0.000000158. The lowest BCUT2D eigenvalue weighted by atomic mass is 10.0. The summed E-state index contributed by atoms with van der Waals surface area (Å²) in [4.78, 5) is 28.9. The van der Waals surface area contributed by atoms with Crippen molar-refractivity contribution in [2.45, 2.75) is 0 Å². The molecule has 0 aliphatic rings. The zero-order chi connectivity index (χ0) is 27.4. The van der Waals surface area contributed by atoms with E-state index in [1.807, 2.05) is 66.7 Å². The summed E-state index contributed by atoms with van der Waals surface area (Å²) in [5.41, 5.74) is 4.55. The molecule has 0 saturated heterocycles. The zero-order valence-corrected chi connectivity index (χ0v) is 21.2. The predicted octanol–water partition coefficient (Wildman–Crippen LogP) is 6.79. The third kappa shape index (κ3) is 5.33. The van der Waals surface area contributed by atoms with E-state index in [9.17, 15) is 9.59 Å². The lowest BCUT2D eigenvalue weighted by molar-refractivity contribution is 1.28. The van der Waals surface area contributed by atoms with Crippen molar-refractivity contribution in [3.05, 3.63) is 140 Å². The Morgan fingerprint density at radius 3 is 1.79 bits per heavy atom. The molecule has 2 aromatic heterocycles. The molecule has 6 aromatic rings. The van der Waals surface area contributed by atoms with Gasteiger partial charge < -0.3 is 9.97 Å². The number of nitrogens with one attached hydrogen (secondary N) is 2. The fourth-order valence-corrected chi connectivity index (χ4v) is 4.52. The van der Waals surface area contributed by atoms with Crippen LogP contribution in [0.1, 0.15) is 11.1 Å². The Morgan fingerprint density at radius 1 is 0.590 bits per heavy atom. The molecule has 7 heteroatoms. The molecule has 0 unspecified atom stereocenters. The van der Waals surface area contributed by atoms with Gasteiger partial charge in [-0.1, -0.05) is 60.1 Å². The van der Waals surface area contributed by atoms with Gasteiger partial charge in [0.2, 0.25) is 0 Å². The number of fused-ring (bicyclic) bond motifs is 2. The number of nitrogens with zero attached hydrogens (tertiary/aromatic N) is 2. The smallest absolute Gasteiger partial charge is 0.255 e. The third-order valence-corrected chi connectivity index (χ3v) is 6.59. The monoisotopic (exact) mass is 526 g/mol. The van der Waals surface area contributed by atoms with Gasteiger partial charge in [0.25, 0.3) is 11.1 Å². The van der Waals surface area contributed by atoms with E-state index in [1.54, 1.807) is 30.5 Å². The van der Waals surface area contributed by atoms with Crippen LogP contribution in [0.2, 0.25) is 5.02 Å². The Labute approximate surface area is 228 Å². The number of benzene rings is 4. The normalized spacial score (nSPS) is 10.3. The standard InChI is InChI=1S/C16H9ClN2O.C16H10N2O/c17-15-9-19-16(20)14-7-12(4-5-13(14)15)11-3-1-2-10(6-11)8-18;17-10-11-2-1-3-13(8-11)14-5-4-12-6-7-18-16(19)15(12)9-14/h1-7,9H,(H,19,20);1-9H,(H,18,19). The molecule has 4 aromatic carbocycles. The predicted molar refractivity (Wildman–Crippen MR) is 154 cm³/mol. The van der Waals surface area contributed by atoms with Gasteiger partial charge in [0.1, 0.15) is 0 Å². The summed E-state index contributed by atoms with van der Waals surface area (Å²) in [6.07, 6.45) is 3.13. The maximum absolute atomic E-state index is 11.9. The Morgan fingerprint density at radius 2 is 1.15 bits per heavy atom. The number of hydrogen-bond acceptors (Lipinski definition) is 4. The van der Waals surface area contributed by atoms with Crippen LogP contribution in [0, 0.1) is 22.7 Å². The highest BCUT2D eigenvalue weighted by Crippen LogP contribution is 2.27. The molecule has 0 fully saturated rings. The van der Waals surface area contributed by atoms with Crippen molar-refractivity contribution in [1.82, 2.24) is 9.97 Å². The average Bonchev–Trinajstić information content (AvgIpc) is 2.99. The zero-order valence-electron chi connectivity index (χ0n) is 20.4. The minimum absolute atomic E-state index is 0.101. The second-order valence-corrected chi connectivity index (χ2v) is 9.13. The highest BCUT2D eigenvalue weighted by Gasteiger charge is 2.06. The second-order valence-electron chi connectivity index (χ2n) is 8.72. The number of aromatic nitrogens is 2. The Bertz CT molecular complexity index is 2060. The van der Waals surface area contributed by atoms with Crippen molar-refractivity contribution in [2.75, 3.05) is 0 Å². The summed E-state index contributed by atoms with van der Waals surface area (Å²) in [6.45, 7) is 0. The molecule has 186 valence electrons. The largest absolute Gasteiger partial charge is 0.329 e. The average molecular weight is 527 g/mol. The molecule has 6 nitrogen and oxygen atoms in total. The van der Waals surface area contributed by atoms with Gasteiger partial charge in [-0.2, -0.15) is 10.5 Å². The van der Waals surface area contributed by atoms with E-state index in [1.165, 1.54) is 6.20 Å². The first kappa shape index (κ1) is 25.2. The van der Waals surface area contributed by atoms with Crippen molar-refractivity contribution in [3.8, 4) is 34.4 Å². The van der Waals surface area contributed by atoms with E-state index in [0.29, 0.717) is 26.9 Å². The lowest BCUT2D eigenvalue weighted by Gasteiger charge is -2.05. The van der Waals surface area contributed by atoms with Gasteiger partial charge >= 0.3 is 0 Å². The van der Waals surface area contributed by atoms with E-state index in [-0.39, 0.29) is 11.1 Å².